The maximum atomic E-state index is 10.9. The second-order valence-corrected chi connectivity index (χ2v) is 10.7. The topological polar surface area (TPSA) is 35.5 Å². The summed E-state index contributed by atoms with van der Waals surface area (Å²) in [6.07, 6.45) is 3.29. The summed E-state index contributed by atoms with van der Waals surface area (Å²) >= 11 is 0. The van der Waals surface area contributed by atoms with E-state index >= 15 is 0 Å². The summed E-state index contributed by atoms with van der Waals surface area (Å²) in [7, 11) is -0.304. The largest absolute Gasteiger partial charge is 0.466 e. The molecule has 1 atom stereocenters. The zero-order valence-electron chi connectivity index (χ0n) is 12.2. The fraction of sp³-hybridized carbons (Fsp3) is 0.769. The first-order valence-electron chi connectivity index (χ1n) is 6.00. The second kappa shape index (κ2) is 6.35. The van der Waals surface area contributed by atoms with Gasteiger partial charge in [-0.3, -0.25) is 0 Å². The van der Waals surface area contributed by atoms with Gasteiger partial charge in [0.2, 0.25) is 0 Å². The van der Waals surface area contributed by atoms with Gasteiger partial charge in [-0.15, -0.1) is 0 Å². The van der Waals surface area contributed by atoms with E-state index in [1.54, 1.807) is 0 Å². The normalized spacial score (nSPS) is 15.0. The maximum Gasteiger partial charge on any atom is 0.330 e. The molecule has 0 aliphatic carbocycles. The molecular weight excluding hydrogens is 232 g/mol. The molecule has 3 nitrogen and oxygen atoms in total. The molecule has 0 saturated carbocycles. The minimum atomic E-state index is -1.68. The average Bonchev–Trinajstić information content (AvgIpc) is 2.21. The molecule has 0 aliphatic heterocycles. The minimum Gasteiger partial charge on any atom is -0.466 e. The summed E-state index contributed by atoms with van der Waals surface area (Å²) in [5.74, 6) is -0.0904. The summed E-state index contributed by atoms with van der Waals surface area (Å²) in [5, 5.41) is 0.221. The third-order valence-electron chi connectivity index (χ3n) is 3.28. The van der Waals surface area contributed by atoms with Crippen LogP contribution in [0.15, 0.2) is 12.2 Å². The van der Waals surface area contributed by atoms with E-state index in [4.69, 9.17) is 4.43 Å². The molecular formula is C13H26O3Si. The van der Waals surface area contributed by atoms with Gasteiger partial charge in [0, 0.05) is 12.7 Å². The first kappa shape index (κ1) is 16.4. The standard InChI is InChI=1S/C13H26O3Si/c1-11(8-9-12(14)15-5)10-16-17(6,7)13(2,3)4/h8-9,11H,10H2,1-7H3/t11-/m0/s1. The first-order valence-corrected chi connectivity index (χ1v) is 8.91. The Kier molecular flexibility index (Phi) is 6.13. The molecule has 100 valence electrons. The van der Waals surface area contributed by atoms with E-state index in [1.165, 1.54) is 13.2 Å². The van der Waals surface area contributed by atoms with Gasteiger partial charge in [0.1, 0.15) is 0 Å². The number of hydrogen-bond donors (Lipinski definition) is 0. The lowest BCUT2D eigenvalue weighted by Gasteiger charge is -2.36. The summed E-state index contributed by atoms with van der Waals surface area (Å²) < 4.78 is 10.6. The highest BCUT2D eigenvalue weighted by Crippen LogP contribution is 2.36. The van der Waals surface area contributed by atoms with Gasteiger partial charge >= 0.3 is 5.97 Å². The molecule has 17 heavy (non-hydrogen) atoms. The lowest BCUT2D eigenvalue weighted by atomic mass is 10.2. The first-order chi connectivity index (χ1) is 7.60. The highest BCUT2D eigenvalue weighted by atomic mass is 28.4. The maximum absolute atomic E-state index is 10.9. The Balaban J connectivity index is 4.21. The molecule has 0 aromatic rings. The lowest BCUT2D eigenvalue weighted by molar-refractivity contribution is -0.134. The lowest BCUT2D eigenvalue weighted by Crippen LogP contribution is -2.41. The Labute approximate surface area is 106 Å². The number of ether oxygens (including phenoxy) is 1. The van der Waals surface area contributed by atoms with E-state index in [9.17, 15) is 4.79 Å². The van der Waals surface area contributed by atoms with E-state index in [0.29, 0.717) is 6.61 Å². The number of carbonyl (C=O) groups excluding carboxylic acids is 1. The van der Waals surface area contributed by atoms with Crippen molar-refractivity contribution in [3.05, 3.63) is 12.2 Å². The number of methoxy groups -OCH3 is 1. The molecule has 0 bridgehead atoms. The van der Waals surface area contributed by atoms with Gasteiger partial charge in [-0.1, -0.05) is 33.8 Å². The van der Waals surface area contributed by atoms with Crippen LogP contribution in [0.1, 0.15) is 27.7 Å². The fourth-order valence-corrected chi connectivity index (χ4v) is 2.04. The Morgan fingerprint density at radius 2 is 1.88 bits per heavy atom. The molecule has 0 fully saturated rings. The molecule has 0 aliphatic rings. The Hall–Kier alpha value is -0.613. The summed E-state index contributed by atoms with van der Waals surface area (Å²) in [6.45, 7) is 13.8. The van der Waals surface area contributed by atoms with Gasteiger partial charge in [0.25, 0.3) is 0 Å². The number of hydrogen-bond acceptors (Lipinski definition) is 3. The predicted molar refractivity (Wildman–Crippen MR) is 73.5 cm³/mol. The summed E-state index contributed by atoms with van der Waals surface area (Å²) in [6, 6.07) is 0. The van der Waals surface area contributed by atoms with Crippen molar-refractivity contribution in [3.8, 4) is 0 Å². The van der Waals surface area contributed by atoms with Crippen LogP contribution in [-0.4, -0.2) is 28.0 Å². The van der Waals surface area contributed by atoms with Crippen molar-refractivity contribution in [2.24, 2.45) is 5.92 Å². The van der Waals surface area contributed by atoms with Gasteiger partial charge < -0.3 is 9.16 Å². The van der Waals surface area contributed by atoms with Crippen LogP contribution in [-0.2, 0) is 14.0 Å². The molecule has 4 heteroatoms. The molecule has 0 spiro atoms. The van der Waals surface area contributed by atoms with Crippen molar-refractivity contribution in [3.63, 3.8) is 0 Å². The second-order valence-electron chi connectivity index (χ2n) is 5.93. The van der Waals surface area contributed by atoms with Crippen molar-refractivity contribution in [1.29, 1.82) is 0 Å². The summed E-state index contributed by atoms with van der Waals surface area (Å²) in [5.41, 5.74) is 0. The van der Waals surface area contributed by atoms with Crippen LogP contribution in [0, 0.1) is 5.92 Å². The van der Waals surface area contributed by atoms with Crippen LogP contribution in [0.5, 0.6) is 0 Å². The van der Waals surface area contributed by atoms with E-state index in [2.05, 4.69) is 38.6 Å². The van der Waals surface area contributed by atoms with E-state index in [-0.39, 0.29) is 16.9 Å². The third kappa shape index (κ3) is 6.03. The molecule has 0 amide bonds. The molecule has 0 aromatic carbocycles. The van der Waals surface area contributed by atoms with Crippen molar-refractivity contribution in [1.82, 2.24) is 0 Å². The van der Waals surface area contributed by atoms with Crippen LogP contribution >= 0.6 is 0 Å². The summed E-state index contributed by atoms with van der Waals surface area (Å²) in [4.78, 5) is 10.9. The van der Waals surface area contributed by atoms with E-state index < -0.39 is 8.32 Å². The molecule has 0 saturated heterocycles. The molecule has 0 aromatic heterocycles. The fourth-order valence-electron chi connectivity index (χ4n) is 0.923. The Morgan fingerprint density at radius 1 is 1.35 bits per heavy atom. The van der Waals surface area contributed by atoms with Gasteiger partial charge in [0.15, 0.2) is 8.32 Å². The van der Waals surface area contributed by atoms with Gasteiger partial charge in [-0.2, -0.15) is 0 Å². The SMILES string of the molecule is COC(=O)C=C[C@H](C)CO[Si](C)(C)C(C)(C)C. The van der Waals surface area contributed by atoms with Crippen LogP contribution in [0.4, 0.5) is 0 Å². The highest BCUT2D eigenvalue weighted by molar-refractivity contribution is 6.74. The van der Waals surface area contributed by atoms with Crippen LogP contribution in [0.3, 0.4) is 0 Å². The van der Waals surface area contributed by atoms with Gasteiger partial charge in [-0.05, 0) is 24.1 Å². The number of carbonyl (C=O) groups is 1. The Bertz CT molecular complexity index is 277. The van der Waals surface area contributed by atoms with Crippen molar-refractivity contribution in [2.45, 2.75) is 45.8 Å². The zero-order chi connectivity index (χ0) is 13.7. The van der Waals surface area contributed by atoms with Crippen LogP contribution in [0.25, 0.3) is 0 Å². The number of rotatable bonds is 5. The van der Waals surface area contributed by atoms with Gasteiger partial charge in [-0.25, -0.2) is 4.79 Å². The molecule has 0 N–H and O–H groups in total. The van der Waals surface area contributed by atoms with Crippen molar-refractivity contribution in [2.75, 3.05) is 13.7 Å². The molecule has 0 rings (SSSR count). The van der Waals surface area contributed by atoms with Crippen LogP contribution < -0.4 is 0 Å². The smallest absolute Gasteiger partial charge is 0.330 e. The van der Waals surface area contributed by atoms with E-state index in [0.717, 1.165) is 0 Å². The third-order valence-corrected chi connectivity index (χ3v) is 7.78. The van der Waals surface area contributed by atoms with E-state index in [1.807, 2.05) is 13.0 Å². The quantitative estimate of drug-likeness (QED) is 0.431. The Morgan fingerprint density at radius 3 is 2.29 bits per heavy atom. The number of esters is 1. The minimum absolute atomic E-state index is 0.221. The average molecular weight is 258 g/mol. The molecule has 0 unspecified atom stereocenters. The highest BCUT2D eigenvalue weighted by Gasteiger charge is 2.37. The van der Waals surface area contributed by atoms with Gasteiger partial charge in [0.05, 0.1) is 7.11 Å². The zero-order valence-corrected chi connectivity index (χ0v) is 13.2. The predicted octanol–water partition coefficient (Wildman–Crippen LogP) is 3.37. The van der Waals surface area contributed by atoms with Crippen molar-refractivity contribution >= 4 is 14.3 Å². The monoisotopic (exact) mass is 258 g/mol. The van der Waals surface area contributed by atoms with Crippen LogP contribution in [0.2, 0.25) is 18.1 Å². The molecule has 0 radical (unpaired) electrons. The molecule has 0 heterocycles. The van der Waals surface area contributed by atoms with Crippen molar-refractivity contribution < 1.29 is 14.0 Å².